The van der Waals surface area contributed by atoms with Crippen molar-refractivity contribution >= 4 is 28.6 Å². The second-order valence-corrected chi connectivity index (χ2v) is 7.03. The van der Waals surface area contributed by atoms with Gasteiger partial charge in [-0.3, -0.25) is 9.69 Å². The molecule has 0 aliphatic heterocycles. The fourth-order valence-electron chi connectivity index (χ4n) is 2.76. The van der Waals surface area contributed by atoms with Gasteiger partial charge in [0.2, 0.25) is 0 Å². The molecule has 25 heavy (non-hydrogen) atoms. The maximum atomic E-state index is 11.9. The second kappa shape index (κ2) is 7.74. The van der Waals surface area contributed by atoms with Crippen molar-refractivity contribution < 1.29 is 9.90 Å². The summed E-state index contributed by atoms with van der Waals surface area (Å²) in [5.74, 6) is -0.464. The summed E-state index contributed by atoms with van der Waals surface area (Å²) in [5.41, 5.74) is 8.01. The first-order valence-electron chi connectivity index (χ1n) is 8.05. The lowest BCUT2D eigenvalue weighted by molar-refractivity contribution is 0.0993. The van der Waals surface area contributed by atoms with Gasteiger partial charge in [-0.1, -0.05) is 36.0 Å². The van der Waals surface area contributed by atoms with Crippen LogP contribution >= 0.6 is 11.8 Å². The van der Waals surface area contributed by atoms with Gasteiger partial charge in [-0.25, -0.2) is 0 Å². The highest BCUT2D eigenvalue weighted by Crippen LogP contribution is 2.37. The molecule has 0 atom stereocenters. The van der Waals surface area contributed by atoms with Crippen LogP contribution in [0.15, 0.2) is 58.3 Å². The predicted molar refractivity (Wildman–Crippen MR) is 101 cm³/mol. The Kier molecular flexibility index (Phi) is 5.43. The summed E-state index contributed by atoms with van der Waals surface area (Å²) >= 11 is 1.53. The van der Waals surface area contributed by atoms with E-state index in [4.69, 9.17) is 10.8 Å². The predicted octanol–water partition coefficient (Wildman–Crippen LogP) is 2.84. The zero-order valence-corrected chi connectivity index (χ0v) is 14.8. The van der Waals surface area contributed by atoms with E-state index in [1.165, 1.54) is 11.8 Å². The number of aliphatic hydroxyl groups is 1. The van der Waals surface area contributed by atoms with Crippen molar-refractivity contribution in [2.24, 2.45) is 5.73 Å². The van der Waals surface area contributed by atoms with Gasteiger partial charge >= 0.3 is 0 Å². The number of nitrogens with two attached hydrogens (primary N) is 1. The number of hydrogen-bond donors (Lipinski definition) is 3. The van der Waals surface area contributed by atoms with E-state index in [9.17, 15) is 4.79 Å². The van der Waals surface area contributed by atoms with Crippen LogP contribution < -0.4 is 5.73 Å². The van der Waals surface area contributed by atoms with E-state index < -0.39 is 5.91 Å². The number of amides is 1. The SMILES string of the molecule is CN(CCO)Cc1ccc2[nH]c(C(N)=O)c(Sc3ccccc3)c2c1. The number of aromatic nitrogens is 1. The number of benzene rings is 2. The summed E-state index contributed by atoms with van der Waals surface area (Å²) < 4.78 is 0. The van der Waals surface area contributed by atoms with Gasteiger partial charge in [-0.2, -0.15) is 0 Å². The van der Waals surface area contributed by atoms with E-state index in [2.05, 4.69) is 11.1 Å². The number of aliphatic hydroxyl groups excluding tert-OH is 1. The molecule has 0 aliphatic carbocycles. The van der Waals surface area contributed by atoms with Crippen LogP contribution in [0.1, 0.15) is 16.1 Å². The minimum atomic E-state index is -0.464. The minimum absolute atomic E-state index is 0.129. The molecule has 1 amide bonds. The van der Waals surface area contributed by atoms with E-state index in [1.807, 2.05) is 54.4 Å². The normalized spacial score (nSPS) is 11.3. The van der Waals surface area contributed by atoms with E-state index in [0.29, 0.717) is 12.2 Å². The van der Waals surface area contributed by atoms with Gasteiger partial charge in [-0.05, 0) is 36.9 Å². The van der Waals surface area contributed by atoms with Gasteiger partial charge in [0.1, 0.15) is 5.69 Å². The standard InChI is InChI=1S/C19H21N3O2S/c1-22(9-10-23)12-13-7-8-16-15(11-13)18(17(21-16)19(20)24)25-14-5-3-2-4-6-14/h2-8,11,21,23H,9-10,12H2,1H3,(H2,20,24). The number of likely N-dealkylation sites (N-methyl/N-ethyl adjacent to an activating group) is 1. The Labute approximate surface area is 150 Å². The van der Waals surface area contributed by atoms with Crippen LogP contribution in [0.4, 0.5) is 0 Å². The molecule has 0 radical (unpaired) electrons. The molecule has 0 saturated heterocycles. The number of rotatable bonds is 7. The monoisotopic (exact) mass is 355 g/mol. The fourth-order valence-corrected chi connectivity index (χ4v) is 3.82. The van der Waals surface area contributed by atoms with Crippen molar-refractivity contribution in [1.29, 1.82) is 0 Å². The molecule has 3 aromatic rings. The van der Waals surface area contributed by atoms with Crippen LogP contribution in [0.2, 0.25) is 0 Å². The van der Waals surface area contributed by atoms with Crippen LogP contribution in [0.25, 0.3) is 10.9 Å². The number of nitrogens with zero attached hydrogens (tertiary/aromatic N) is 1. The number of hydrogen-bond acceptors (Lipinski definition) is 4. The Bertz CT molecular complexity index is 877. The highest BCUT2D eigenvalue weighted by molar-refractivity contribution is 7.99. The number of carbonyl (C=O) groups is 1. The zero-order chi connectivity index (χ0) is 17.8. The Balaban J connectivity index is 2.02. The number of fused-ring (bicyclic) bond motifs is 1. The van der Waals surface area contributed by atoms with Gasteiger partial charge in [0.05, 0.1) is 11.5 Å². The molecule has 4 N–H and O–H groups in total. The lowest BCUT2D eigenvalue weighted by Gasteiger charge is -2.15. The number of H-pyrrole nitrogens is 1. The minimum Gasteiger partial charge on any atom is -0.395 e. The summed E-state index contributed by atoms with van der Waals surface area (Å²) in [6, 6.07) is 16.0. The molecule has 0 fully saturated rings. The summed E-state index contributed by atoms with van der Waals surface area (Å²) in [6.45, 7) is 1.47. The fraction of sp³-hybridized carbons (Fsp3) is 0.211. The molecule has 3 rings (SSSR count). The molecule has 130 valence electrons. The van der Waals surface area contributed by atoms with E-state index in [0.717, 1.165) is 32.8 Å². The molecule has 0 saturated carbocycles. The topological polar surface area (TPSA) is 82.3 Å². The second-order valence-electron chi connectivity index (χ2n) is 5.95. The van der Waals surface area contributed by atoms with Crippen molar-refractivity contribution in [2.75, 3.05) is 20.2 Å². The lowest BCUT2D eigenvalue weighted by atomic mass is 10.1. The maximum absolute atomic E-state index is 11.9. The molecule has 6 heteroatoms. The van der Waals surface area contributed by atoms with Gasteiger partial charge in [0, 0.05) is 28.9 Å². The smallest absolute Gasteiger partial charge is 0.266 e. The Morgan fingerprint density at radius 1 is 1.24 bits per heavy atom. The molecule has 1 heterocycles. The Hall–Kier alpha value is -2.28. The molecule has 0 bridgehead atoms. The first kappa shape index (κ1) is 17.5. The van der Waals surface area contributed by atoms with Crippen LogP contribution in [0, 0.1) is 0 Å². The molecular weight excluding hydrogens is 334 g/mol. The largest absolute Gasteiger partial charge is 0.395 e. The quantitative estimate of drug-likeness (QED) is 0.609. The first-order chi connectivity index (χ1) is 12.1. The van der Waals surface area contributed by atoms with Crippen LogP contribution in [-0.2, 0) is 6.54 Å². The highest BCUT2D eigenvalue weighted by Gasteiger charge is 2.17. The summed E-state index contributed by atoms with van der Waals surface area (Å²) in [7, 11) is 1.96. The van der Waals surface area contributed by atoms with Gasteiger partial charge in [0.25, 0.3) is 5.91 Å². The van der Waals surface area contributed by atoms with E-state index in [-0.39, 0.29) is 6.61 Å². The summed E-state index contributed by atoms with van der Waals surface area (Å²) in [6.07, 6.45) is 0. The summed E-state index contributed by atoms with van der Waals surface area (Å²) in [4.78, 5) is 19.0. The third-order valence-corrected chi connectivity index (χ3v) is 5.10. The Morgan fingerprint density at radius 2 is 2.00 bits per heavy atom. The van der Waals surface area contributed by atoms with Crippen LogP contribution in [0.3, 0.4) is 0 Å². The van der Waals surface area contributed by atoms with Crippen molar-refractivity contribution in [1.82, 2.24) is 9.88 Å². The number of nitrogens with one attached hydrogen (secondary N) is 1. The van der Waals surface area contributed by atoms with Crippen molar-refractivity contribution in [3.05, 3.63) is 59.8 Å². The number of carbonyl (C=O) groups excluding carboxylic acids is 1. The average Bonchev–Trinajstić information content (AvgIpc) is 2.94. The highest BCUT2D eigenvalue weighted by atomic mass is 32.2. The van der Waals surface area contributed by atoms with Crippen molar-refractivity contribution in [3.63, 3.8) is 0 Å². The lowest BCUT2D eigenvalue weighted by Crippen LogP contribution is -2.21. The average molecular weight is 355 g/mol. The maximum Gasteiger partial charge on any atom is 0.266 e. The number of primary amides is 1. The Morgan fingerprint density at radius 3 is 2.68 bits per heavy atom. The third kappa shape index (κ3) is 4.04. The zero-order valence-electron chi connectivity index (χ0n) is 14.0. The number of aromatic amines is 1. The van der Waals surface area contributed by atoms with Crippen LogP contribution in [-0.4, -0.2) is 41.1 Å². The van der Waals surface area contributed by atoms with Crippen molar-refractivity contribution in [3.8, 4) is 0 Å². The van der Waals surface area contributed by atoms with Gasteiger partial charge < -0.3 is 15.8 Å². The molecule has 5 nitrogen and oxygen atoms in total. The molecular formula is C19H21N3O2S. The first-order valence-corrected chi connectivity index (χ1v) is 8.87. The molecule has 0 spiro atoms. The van der Waals surface area contributed by atoms with Gasteiger partial charge in [-0.15, -0.1) is 0 Å². The van der Waals surface area contributed by atoms with Crippen molar-refractivity contribution in [2.45, 2.75) is 16.3 Å². The molecule has 0 unspecified atom stereocenters. The summed E-state index contributed by atoms with van der Waals surface area (Å²) in [5, 5.41) is 10.0. The molecule has 1 aromatic heterocycles. The van der Waals surface area contributed by atoms with Crippen LogP contribution in [0.5, 0.6) is 0 Å². The molecule has 2 aromatic carbocycles. The third-order valence-electron chi connectivity index (χ3n) is 3.96. The van der Waals surface area contributed by atoms with E-state index >= 15 is 0 Å². The molecule has 0 aliphatic rings. The van der Waals surface area contributed by atoms with E-state index in [1.54, 1.807) is 0 Å². The van der Waals surface area contributed by atoms with Gasteiger partial charge in [0.15, 0.2) is 0 Å².